The van der Waals surface area contributed by atoms with Gasteiger partial charge in [0, 0.05) is 49.9 Å². The van der Waals surface area contributed by atoms with E-state index in [4.69, 9.17) is 14.2 Å². The maximum absolute atomic E-state index is 15.2. The molecule has 7 rings (SSSR count). The fourth-order valence-corrected chi connectivity index (χ4v) is 12.6. The molecule has 1 spiro atoms. The molecule has 3 aromatic carbocycles. The number of esters is 1. The van der Waals surface area contributed by atoms with Crippen LogP contribution in [0.1, 0.15) is 43.5 Å². The van der Waals surface area contributed by atoms with Crippen molar-refractivity contribution in [2.24, 2.45) is 5.92 Å². The zero-order chi connectivity index (χ0) is 36.8. The summed E-state index contributed by atoms with van der Waals surface area (Å²) in [6.07, 6.45) is 1.90. The van der Waals surface area contributed by atoms with E-state index in [0.29, 0.717) is 42.9 Å². The first-order chi connectivity index (χ1) is 25.0. The molecule has 0 saturated carbocycles. The van der Waals surface area contributed by atoms with Crippen LogP contribution in [0.25, 0.3) is 0 Å². The van der Waals surface area contributed by atoms with Gasteiger partial charge in [0.15, 0.2) is 11.8 Å². The van der Waals surface area contributed by atoms with Crippen molar-refractivity contribution < 1.29 is 33.7 Å². The van der Waals surface area contributed by atoms with Crippen LogP contribution in [0.3, 0.4) is 0 Å². The number of aryl methyl sites for hydroxylation is 1. The number of aromatic nitrogens is 3. The van der Waals surface area contributed by atoms with Gasteiger partial charge in [0.05, 0.1) is 45.6 Å². The van der Waals surface area contributed by atoms with Crippen molar-refractivity contribution in [3.8, 4) is 5.75 Å². The number of rotatable bonds is 12. The molecular formula is C39H45N5O7Si. The highest BCUT2D eigenvalue weighted by Crippen LogP contribution is 2.60. The topological polar surface area (TPSA) is 136 Å². The number of aliphatic hydroxyl groups is 1. The highest BCUT2D eigenvalue weighted by Gasteiger charge is 2.66. The molecular weight excluding hydrogens is 679 g/mol. The van der Waals surface area contributed by atoms with E-state index in [1.54, 1.807) is 11.8 Å². The van der Waals surface area contributed by atoms with Crippen LogP contribution in [0.15, 0.2) is 79.0 Å². The van der Waals surface area contributed by atoms with E-state index in [1.807, 2.05) is 71.8 Å². The number of ether oxygens (including phenoxy) is 3. The van der Waals surface area contributed by atoms with Crippen LogP contribution >= 0.6 is 0 Å². The maximum Gasteiger partial charge on any atom is 0.304 e. The largest absolute Gasteiger partial charge is 0.497 e. The van der Waals surface area contributed by atoms with Crippen LogP contribution in [0.4, 0.5) is 11.4 Å². The van der Waals surface area contributed by atoms with Crippen LogP contribution in [-0.4, -0.2) is 72.0 Å². The summed E-state index contributed by atoms with van der Waals surface area (Å²) in [6.45, 7) is 8.98. The predicted octanol–water partition coefficient (Wildman–Crippen LogP) is 4.30. The highest BCUT2D eigenvalue weighted by molar-refractivity contribution is 6.91. The van der Waals surface area contributed by atoms with Crippen molar-refractivity contribution in [3.63, 3.8) is 0 Å². The molecule has 13 heteroatoms. The van der Waals surface area contributed by atoms with Gasteiger partial charge in [-0.3, -0.25) is 24.0 Å². The Morgan fingerprint density at radius 2 is 1.83 bits per heavy atom. The van der Waals surface area contributed by atoms with Gasteiger partial charge >= 0.3 is 5.97 Å². The van der Waals surface area contributed by atoms with Crippen molar-refractivity contribution in [1.82, 2.24) is 15.0 Å². The Morgan fingerprint density at radius 3 is 2.50 bits per heavy atom. The normalized spacial score (nSPS) is 24.0. The number of nitrogens with zero attached hydrogens (tertiary/aromatic N) is 5. The average Bonchev–Trinajstić information content (AvgIpc) is 3.77. The summed E-state index contributed by atoms with van der Waals surface area (Å²) < 4.78 is 20.0. The van der Waals surface area contributed by atoms with E-state index in [1.165, 1.54) is 17.0 Å². The van der Waals surface area contributed by atoms with Crippen molar-refractivity contribution in [3.05, 3.63) is 95.8 Å². The minimum Gasteiger partial charge on any atom is -0.497 e. The third-order valence-corrected chi connectivity index (χ3v) is 15.4. The van der Waals surface area contributed by atoms with Crippen LogP contribution in [0, 0.1) is 5.92 Å². The van der Waals surface area contributed by atoms with Gasteiger partial charge in [0.2, 0.25) is 5.91 Å². The number of hydrogen-bond acceptors (Lipinski definition) is 9. The van der Waals surface area contributed by atoms with Gasteiger partial charge in [-0.1, -0.05) is 72.9 Å². The molecule has 1 aromatic heterocycles. The molecule has 272 valence electrons. The fourth-order valence-electron chi connectivity index (χ4n) is 8.56. The lowest BCUT2D eigenvalue weighted by atomic mass is 9.82. The number of hydrogen-bond donors (Lipinski definition) is 1. The van der Waals surface area contributed by atoms with Crippen LogP contribution in [-0.2, 0) is 49.0 Å². The molecule has 12 nitrogen and oxygen atoms in total. The Bertz CT molecular complexity index is 1970. The summed E-state index contributed by atoms with van der Waals surface area (Å²) in [5.74, 6) is -0.257. The van der Waals surface area contributed by atoms with Crippen molar-refractivity contribution in [2.75, 3.05) is 23.5 Å². The Hall–Kier alpha value is -4.85. The van der Waals surface area contributed by atoms with Gasteiger partial charge in [-0.25, -0.2) is 0 Å². The standard InChI is InChI=1S/C39H45N5O7Si/c1-25-37(52(4,5)31-14-12-30(49-3)13-15-31)34(17-19-42-24-28(18-20-45)40-41-42)51-39(25)32-21-29(44-35(47)22-36(44)50-26(2)46)11-16-33(32)43(38(39)48)23-27-9-7-6-8-10-27/h6-16,21,24-25,34,36-37,45H,17-20,22-23H2,1-5H3/t25-,34+,36?,37-,39+/m1/s1. The molecule has 0 aliphatic carbocycles. The van der Waals surface area contributed by atoms with Crippen molar-refractivity contribution in [1.29, 1.82) is 0 Å². The first-order valence-electron chi connectivity index (χ1n) is 17.8. The van der Waals surface area contributed by atoms with Gasteiger partial charge in [-0.05, 0) is 47.9 Å². The average molecular weight is 724 g/mol. The van der Waals surface area contributed by atoms with Crippen molar-refractivity contribution >= 4 is 42.4 Å². The molecule has 2 amide bonds. The lowest BCUT2D eigenvalue weighted by molar-refractivity contribution is -0.153. The Labute approximate surface area is 304 Å². The Balaban J connectivity index is 1.33. The van der Waals surface area contributed by atoms with Crippen molar-refractivity contribution in [2.45, 2.75) is 82.8 Å². The lowest BCUT2D eigenvalue weighted by Gasteiger charge is -2.39. The summed E-state index contributed by atoms with van der Waals surface area (Å²) in [6, 6.07) is 23.7. The lowest BCUT2D eigenvalue weighted by Crippen LogP contribution is -2.55. The zero-order valence-electron chi connectivity index (χ0n) is 30.2. The monoisotopic (exact) mass is 723 g/mol. The van der Waals surface area contributed by atoms with E-state index >= 15 is 4.79 Å². The minimum absolute atomic E-state index is 0.0121. The SMILES string of the molecule is COc1ccc([Si](C)(C)[C@H]2[C@H](CCn3cc(CCO)nn3)O[C@@]3(C(=O)N(Cc4ccccc4)c4ccc(N5C(=O)CC5OC(C)=O)cc43)[C@@H]2C)cc1. The number of fused-ring (bicyclic) bond motifs is 2. The fraction of sp³-hybridized carbons (Fsp3) is 0.410. The van der Waals surface area contributed by atoms with E-state index in [9.17, 15) is 14.7 Å². The smallest absolute Gasteiger partial charge is 0.304 e. The van der Waals surface area contributed by atoms with Gasteiger partial charge in [0.1, 0.15) is 5.75 Å². The summed E-state index contributed by atoms with van der Waals surface area (Å²) in [5.41, 5.74) is 2.32. The van der Waals surface area contributed by atoms with E-state index in [0.717, 1.165) is 17.0 Å². The third kappa shape index (κ3) is 6.10. The second-order valence-corrected chi connectivity index (χ2v) is 19.2. The molecule has 0 bridgehead atoms. The number of carbonyl (C=O) groups excluding carboxylic acids is 3. The number of amides is 2. The molecule has 4 heterocycles. The molecule has 1 unspecified atom stereocenters. The maximum atomic E-state index is 15.2. The Morgan fingerprint density at radius 1 is 1.08 bits per heavy atom. The third-order valence-electron chi connectivity index (χ3n) is 11.1. The number of aliphatic hydroxyl groups excluding tert-OH is 1. The first-order valence-corrected chi connectivity index (χ1v) is 20.9. The second kappa shape index (κ2) is 13.9. The van der Waals surface area contributed by atoms with Gasteiger partial charge in [0.25, 0.3) is 5.91 Å². The van der Waals surface area contributed by atoms with E-state index < -0.39 is 25.9 Å². The number of benzene rings is 3. The molecule has 3 aliphatic heterocycles. The quantitative estimate of drug-likeness (QED) is 0.129. The minimum atomic E-state index is -2.42. The van der Waals surface area contributed by atoms with Crippen LogP contribution < -0.4 is 19.7 Å². The van der Waals surface area contributed by atoms with E-state index in [2.05, 4.69) is 42.5 Å². The van der Waals surface area contributed by atoms with Gasteiger partial charge in [-0.15, -0.1) is 5.10 Å². The van der Waals surface area contributed by atoms with Crippen LogP contribution in [0.2, 0.25) is 18.6 Å². The molecule has 0 radical (unpaired) electrons. The predicted molar refractivity (Wildman–Crippen MR) is 197 cm³/mol. The summed E-state index contributed by atoms with van der Waals surface area (Å²) in [7, 11) is -0.764. The molecule has 2 fully saturated rings. The van der Waals surface area contributed by atoms with E-state index in [-0.39, 0.29) is 42.4 Å². The first kappa shape index (κ1) is 35.5. The number of β-lactam (4-membered cyclic amide) rings is 1. The second-order valence-electron chi connectivity index (χ2n) is 14.5. The molecule has 4 aromatic rings. The molecule has 5 atom stereocenters. The summed E-state index contributed by atoms with van der Waals surface area (Å²) in [5, 5.41) is 19.2. The summed E-state index contributed by atoms with van der Waals surface area (Å²) >= 11 is 0. The number of anilines is 2. The highest BCUT2D eigenvalue weighted by atomic mass is 28.3. The summed E-state index contributed by atoms with van der Waals surface area (Å²) in [4.78, 5) is 43.4. The Kier molecular flexibility index (Phi) is 9.53. The van der Waals surface area contributed by atoms with Gasteiger partial charge in [-0.2, -0.15) is 0 Å². The molecule has 1 N–H and O–H groups in total. The molecule has 52 heavy (non-hydrogen) atoms. The molecule has 2 saturated heterocycles. The molecule has 3 aliphatic rings. The van der Waals surface area contributed by atoms with Crippen LogP contribution in [0.5, 0.6) is 5.75 Å². The van der Waals surface area contributed by atoms with Gasteiger partial charge < -0.3 is 24.2 Å². The number of carbonyl (C=O) groups is 3. The number of methoxy groups -OCH3 is 1. The zero-order valence-corrected chi connectivity index (χ0v) is 31.2.